The van der Waals surface area contributed by atoms with Crippen LogP contribution in [0.1, 0.15) is 44.4 Å². The van der Waals surface area contributed by atoms with E-state index in [9.17, 15) is 14.7 Å². The van der Waals surface area contributed by atoms with Crippen LogP contribution in [0.2, 0.25) is 5.02 Å². The summed E-state index contributed by atoms with van der Waals surface area (Å²) in [4.78, 5) is 30.0. The monoisotopic (exact) mass is 470 g/mol. The summed E-state index contributed by atoms with van der Waals surface area (Å²) in [6, 6.07) is 13.3. The Labute approximate surface area is 200 Å². The van der Waals surface area contributed by atoms with E-state index in [1.54, 1.807) is 47.4 Å². The molecule has 7 heteroatoms. The van der Waals surface area contributed by atoms with Gasteiger partial charge in [-0.1, -0.05) is 49.7 Å². The largest absolute Gasteiger partial charge is 0.507 e. The van der Waals surface area contributed by atoms with Crippen LogP contribution >= 0.6 is 11.6 Å². The first-order valence-electron chi connectivity index (χ1n) is 11.4. The summed E-state index contributed by atoms with van der Waals surface area (Å²) < 4.78 is 5.53. The third-order valence-corrected chi connectivity index (χ3v) is 6.13. The molecule has 2 aromatic rings. The number of nitrogens with zero attached hydrogens (tertiary/aromatic N) is 2. The lowest BCUT2D eigenvalue weighted by Crippen LogP contribution is -2.33. The van der Waals surface area contributed by atoms with E-state index in [1.807, 2.05) is 13.0 Å². The van der Waals surface area contributed by atoms with Gasteiger partial charge in [0.05, 0.1) is 18.2 Å². The molecule has 0 bridgehead atoms. The minimum atomic E-state index is -0.712. The van der Waals surface area contributed by atoms with Gasteiger partial charge < -0.3 is 19.6 Å². The lowest BCUT2D eigenvalue weighted by molar-refractivity contribution is -0.140. The lowest BCUT2D eigenvalue weighted by Gasteiger charge is -2.27. The number of likely N-dealkylation sites (tertiary alicyclic amines) is 1. The fraction of sp³-hybridized carbons (Fsp3) is 0.385. The van der Waals surface area contributed by atoms with Crippen molar-refractivity contribution in [3.8, 4) is 5.75 Å². The van der Waals surface area contributed by atoms with Gasteiger partial charge in [-0.3, -0.25) is 9.59 Å². The van der Waals surface area contributed by atoms with Crippen LogP contribution in [0.3, 0.4) is 0 Å². The van der Waals surface area contributed by atoms with Gasteiger partial charge in [0.25, 0.3) is 11.7 Å². The fourth-order valence-electron chi connectivity index (χ4n) is 4.19. The van der Waals surface area contributed by atoms with Crippen molar-refractivity contribution < 1.29 is 19.4 Å². The molecule has 0 aliphatic carbocycles. The molecule has 1 fully saturated rings. The van der Waals surface area contributed by atoms with Gasteiger partial charge in [0.2, 0.25) is 0 Å². The average molecular weight is 471 g/mol. The van der Waals surface area contributed by atoms with Gasteiger partial charge >= 0.3 is 0 Å². The molecular weight excluding hydrogens is 440 g/mol. The number of aliphatic hydroxyl groups excluding tert-OH is 1. The van der Waals surface area contributed by atoms with Gasteiger partial charge in [-0.15, -0.1) is 0 Å². The highest BCUT2D eigenvalue weighted by molar-refractivity contribution is 6.46. The van der Waals surface area contributed by atoms with E-state index < -0.39 is 17.7 Å². The molecule has 0 spiro atoms. The van der Waals surface area contributed by atoms with Crippen molar-refractivity contribution in [3.05, 3.63) is 70.3 Å². The Kier molecular flexibility index (Phi) is 8.53. The predicted molar refractivity (Wildman–Crippen MR) is 130 cm³/mol. The molecule has 0 radical (unpaired) electrons. The second-order valence-corrected chi connectivity index (χ2v) is 8.33. The van der Waals surface area contributed by atoms with E-state index in [0.29, 0.717) is 41.5 Å². The number of carbonyl (C=O) groups is 2. The highest BCUT2D eigenvalue weighted by atomic mass is 35.5. The molecule has 1 saturated heterocycles. The summed E-state index contributed by atoms with van der Waals surface area (Å²) in [5.74, 6) is -0.940. The zero-order chi connectivity index (χ0) is 24.0. The number of Topliss-reactive ketones (excluding diaryl/α,β-unsaturated/α-hetero) is 1. The maximum atomic E-state index is 13.1. The number of ether oxygens (including phenoxy) is 1. The van der Waals surface area contributed by atoms with Gasteiger partial charge in [-0.05, 0) is 62.8 Å². The smallest absolute Gasteiger partial charge is 0.295 e. The molecule has 1 aliphatic heterocycles. The maximum absolute atomic E-state index is 13.1. The Balaban J connectivity index is 2.04. The Morgan fingerprint density at radius 2 is 1.82 bits per heavy atom. The standard InChI is InChI=1S/C26H31ClN2O4/c1-4-28(5-2)14-9-15-29-23(18-10-7-12-20(27)16-18)22(25(31)26(29)32)24(30)19-11-8-13-21(17-19)33-6-3/h7-8,10-13,16-17,23,30H,4-6,9,14-15H2,1-3H3. The number of carbonyl (C=O) groups excluding carboxylic acids is 2. The van der Waals surface area contributed by atoms with Crippen LogP contribution in [-0.2, 0) is 9.59 Å². The minimum absolute atomic E-state index is 0.0683. The topological polar surface area (TPSA) is 70.1 Å². The second-order valence-electron chi connectivity index (χ2n) is 7.89. The summed E-state index contributed by atoms with van der Waals surface area (Å²) in [6.07, 6.45) is 0.714. The quantitative estimate of drug-likeness (QED) is 0.304. The summed E-state index contributed by atoms with van der Waals surface area (Å²) >= 11 is 6.24. The number of benzene rings is 2. The van der Waals surface area contributed by atoms with Crippen LogP contribution in [0.15, 0.2) is 54.1 Å². The average Bonchev–Trinajstić information content (AvgIpc) is 3.07. The van der Waals surface area contributed by atoms with Gasteiger partial charge in [-0.2, -0.15) is 0 Å². The van der Waals surface area contributed by atoms with Crippen molar-refractivity contribution in [1.29, 1.82) is 0 Å². The van der Waals surface area contributed by atoms with Crippen LogP contribution in [0, 0.1) is 0 Å². The van der Waals surface area contributed by atoms with Crippen molar-refractivity contribution >= 4 is 29.1 Å². The van der Waals surface area contributed by atoms with Crippen molar-refractivity contribution in [2.24, 2.45) is 0 Å². The molecule has 0 saturated carbocycles. The number of aliphatic hydroxyl groups is 1. The van der Waals surface area contributed by atoms with E-state index in [4.69, 9.17) is 16.3 Å². The zero-order valence-corrected chi connectivity index (χ0v) is 20.1. The molecule has 6 nitrogen and oxygen atoms in total. The number of amides is 1. The van der Waals surface area contributed by atoms with Crippen molar-refractivity contribution in [2.75, 3.05) is 32.8 Å². The van der Waals surface area contributed by atoms with E-state index in [1.165, 1.54) is 0 Å². The van der Waals surface area contributed by atoms with Crippen molar-refractivity contribution in [1.82, 2.24) is 9.80 Å². The predicted octanol–water partition coefficient (Wildman–Crippen LogP) is 4.89. The minimum Gasteiger partial charge on any atom is -0.507 e. The molecule has 1 N–H and O–H groups in total. The Morgan fingerprint density at radius 1 is 1.09 bits per heavy atom. The van der Waals surface area contributed by atoms with Crippen LogP contribution in [0.4, 0.5) is 0 Å². The Morgan fingerprint density at radius 3 is 2.48 bits per heavy atom. The Hall–Kier alpha value is -2.83. The van der Waals surface area contributed by atoms with Crippen LogP contribution in [0.5, 0.6) is 5.75 Å². The molecule has 0 aromatic heterocycles. The van der Waals surface area contributed by atoms with Crippen LogP contribution < -0.4 is 4.74 Å². The number of rotatable bonds is 10. The van der Waals surface area contributed by atoms with Gasteiger partial charge in [0.15, 0.2) is 0 Å². The van der Waals surface area contributed by atoms with E-state index >= 15 is 0 Å². The molecule has 176 valence electrons. The van der Waals surface area contributed by atoms with Crippen LogP contribution in [-0.4, -0.2) is 59.4 Å². The summed E-state index contributed by atoms with van der Waals surface area (Å²) in [5.41, 5.74) is 1.18. The van der Waals surface area contributed by atoms with Crippen molar-refractivity contribution in [3.63, 3.8) is 0 Å². The Bertz CT molecular complexity index is 1030. The molecular formula is C26H31ClN2O4. The molecule has 1 amide bonds. The summed E-state index contributed by atoms with van der Waals surface area (Å²) in [7, 11) is 0. The molecule has 33 heavy (non-hydrogen) atoms. The highest BCUT2D eigenvalue weighted by Crippen LogP contribution is 2.40. The number of hydrogen-bond donors (Lipinski definition) is 1. The normalized spacial score (nSPS) is 17.7. The maximum Gasteiger partial charge on any atom is 0.295 e. The first-order chi connectivity index (χ1) is 15.9. The fourth-order valence-corrected chi connectivity index (χ4v) is 4.39. The van der Waals surface area contributed by atoms with Crippen molar-refractivity contribution in [2.45, 2.75) is 33.2 Å². The molecule has 3 rings (SSSR count). The molecule has 1 unspecified atom stereocenters. The number of hydrogen-bond acceptors (Lipinski definition) is 5. The number of halogens is 1. The van der Waals surface area contributed by atoms with Crippen LogP contribution in [0.25, 0.3) is 5.76 Å². The zero-order valence-electron chi connectivity index (χ0n) is 19.4. The van der Waals surface area contributed by atoms with Gasteiger partial charge in [-0.25, -0.2) is 0 Å². The molecule has 1 heterocycles. The highest BCUT2D eigenvalue weighted by Gasteiger charge is 2.45. The van der Waals surface area contributed by atoms with Gasteiger partial charge in [0, 0.05) is 17.1 Å². The molecule has 1 atom stereocenters. The van der Waals surface area contributed by atoms with E-state index in [-0.39, 0.29) is 11.3 Å². The molecule has 2 aromatic carbocycles. The van der Waals surface area contributed by atoms with E-state index in [2.05, 4.69) is 18.7 Å². The first kappa shape index (κ1) is 24.8. The second kappa shape index (κ2) is 11.3. The van der Waals surface area contributed by atoms with Gasteiger partial charge in [0.1, 0.15) is 11.5 Å². The SMILES string of the molecule is CCOc1cccc(C(O)=C2C(=O)C(=O)N(CCCN(CC)CC)C2c2cccc(Cl)c2)c1. The summed E-state index contributed by atoms with van der Waals surface area (Å²) in [5, 5.41) is 11.7. The third kappa shape index (κ3) is 5.57. The third-order valence-electron chi connectivity index (χ3n) is 5.89. The van der Waals surface area contributed by atoms with E-state index in [0.717, 1.165) is 19.6 Å². The number of ketones is 1. The lowest BCUT2D eigenvalue weighted by atomic mass is 9.95. The summed E-state index contributed by atoms with van der Waals surface area (Å²) in [6.45, 7) is 9.59. The molecule has 1 aliphatic rings. The first-order valence-corrected chi connectivity index (χ1v) is 11.8.